The van der Waals surface area contributed by atoms with E-state index in [0.717, 1.165) is 36.3 Å². The van der Waals surface area contributed by atoms with Crippen LogP contribution < -0.4 is 9.64 Å². The van der Waals surface area contributed by atoms with E-state index in [-0.39, 0.29) is 18.1 Å². The summed E-state index contributed by atoms with van der Waals surface area (Å²) in [5.74, 6) is 1.92. The van der Waals surface area contributed by atoms with E-state index in [1.165, 1.54) is 0 Å². The molecule has 2 atom stereocenters. The number of amides is 1. The Morgan fingerprint density at radius 3 is 2.65 bits per heavy atom. The molecule has 0 N–H and O–H groups in total. The molecule has 2 aromatic rings. The van der Waals surface area contributed by atoms with Crippen LogP contribution in [0.25, 0.3) is 0 Å². The predicted molar refractivity (Wildman–Crippen MR) is 131 cm³/mol. The van der Waals surface area contributed by atoms with Gasteiger partial charge in [0.2, 0.25) is 5.91 Å². The highest BCUT2D eigenvalue weighted by Gasteiger charge is 2.34. The summed E-state index contributed by atoms with van der Waals surface area (Å²) in [7, 11) is 1.61. The average Bonchev–Trinajstić information content (AvgIpc) is 3.71. The largest absolute Gasteiger partial charge is 0.484 e. The van der Waals surface area contributed by atoms with Crippen LogP contribution in [0.3, 0.4) is 0 Å². The number of hydrogen-bond donors (Lipinski definition) is 0. The van der Waals surface area contributed by atoms with Crippen molar-refractivity contribution in [1.29, 1.82) is 5.26 Å². The first-order valence-corrected chi connectivity index (χ1v) is 12.3. The van der Waals surface area contributed by atoms with Crippen molar-refractivity contribution < 1.29 is 14.3 Å². The van der Waals surface area contributed by atoms with Crippen LogP contribution in [-0.2, 0) is 9.53 Å². The van der Waals surface area contributed by atoms with Crippen molar-refractivity contribution >= 4 is 11.7 Å². The van der Waals surface area contributed by atoms with E-state index < -0.39 is 0 Å². The second kappa shape index (κ2) is 10.9. The molecule has 7 nitrogen and oxygen atoms in total. The molecule has 0 spiro atoms. The zero-order chi connectivity index (χ0) is 24.1. The number of ether oxygens (including phenoxy) is 2. The van der Waals surface area contributed by atoms with Crippen molar-refractivity contribution in [2.75, 3.05) is 38.3 Å². The number of pyridine rings is 1. The zero-order valence-electron chi connectivity index (χ0n) is 20.4. The molecule has 2 heterocycles. The third-order valence-electron chi connectivity index (χ3n) is 6.66. The van der Waals surface area contributed by atoms with E-state index >= 15 is 0 Å². The van der Waals surface area contributed by atoms with Gasteiger partial charge in [0.15, 0.2) is 0 Å². The van der Waals surface area contributed by atoms with Crippen molar-refractivity contribution in [2.45, 2.75) is 57.6 Å². The van der Waals surface area contributed by atoms with E-state index in [1.807, 2.05) is 36.1 Å². The van der Waals surface area contributed by atoms with Crippen molar-refractivity contribution in [1.82, 2.24) is 9.88 Å². The summed E-state index contributed by atoms with van der Waals surface area (Å²) in [5.41, 5.74) is 2.60. The second-order valence-corrected chi connectivity index (χ2v) is 9.18. The summed E-state index contributed by atoms with van der Waals surface area (Å²) in [4.78, 5) is 21.6. The predicted octanol–water partition coefficient (Wildman–Crippen LogP) is 4.43. The number of rotatable bonds is 9. The van der Waals surface area contributed by atoms with Gasteiger partial charge in [-0.15, -0.1) is 0 Å². The Labute approximate surface area is 202 Å². The minimum Gasteiger partial charge on any atom is -0.484 e. The maximum Gasteiger partial charge on any atom is 0.225 e. The van der Waals surface area contributed by atoms with Gasteiger partial charge in [0.05, 0.1) is 24.3 Å². The van der Waals surface area contributed by atoms with Gasteiger partial charge in [-0.1, -0.05) is 37.3 Å². The molecule has 2 aliphatic rings. The van der Waals surface area contributed by atoms with Crippen LogP contribution in [0.2, 0.25) is 0 Å². The molecular formula is C27H34N4O3. The fraction of sp³-hybridized carbons (Fsp3) is 0.519. The number of anilines is 1. The van der Waals surface area contributed by atoms with Crippen LogP contribution >= 0.6 is 0 Å². The van der Waals surface area contributed by atoms with Gasteiger partial charge in [0.1, 0.15) is 23.7 Å². The molecule has 1 aliphatic carbocycles. The van der Waals surface area contributed by atoms with Crippen molar-refractivity contribution in [3.63, 3.8) is 0 Å². The molecule has 7 heteroatoms. The molecule has 1 aromatic carbocycles. The first kappa shape index (κ1) is 24.0. The fourth-order valence-corrected chi connectivity index (χ4v) is 4.63. The minimum atomic E-state index is -0.0837. The number of aromatic nitrogens is 1. The van der Waals surface area contributed by atoms with Gasteiger partial charge in [-0.05, 0) is 31.7 Å². The number of carbonyl (C=O) groups is 1. The topological polar surface area (TPSA) is 78.7 Å². The molecule has 180 valence electrons. The van der Waals surface area contributed by atoms with Crippen LogP contribution in [0, 0.1) is 11.3 Å². The van der Waals surface area contributed by atoms with E-state index in [0.29, 0.717) is 50.0 Å². The molecule has 4 rings (SSSR count). The lowest BCUT2D eigenvalue weighted by Gasteiger charge is -2.41. The van der Waals surface area contributed by atoms with Crippen LogP contribution in [-0.4, -0.2) is 55.2 Å². The van der Waals surface area contributed by atoms with Gasteiger partial charge < -0.3 is 19.3 Å². The maximum atomic E-state index is 12.5. The Hall–Kier alpha value is -3.11. The smallest absolute Gasteiger partial charge is 0.225 e. The van der Waals surface area contributed by atoms with Crippen molar-refractivity contribution in [2.24, 2.45) is 0 Å². The highest BCUT2D eigenvalue weighted by Crippen LogP contribution is 2.46. The standard InChI is InChI=1S/C27H34N4O3/c1-4-23(20-8-6-5-7-9-20)34-24-16-22(17-28)27(29-26(24)21-10-11-21)30-13-14-31(19(2)18-30)25(32)12-15-33-3/h5-9,16,19,21,23H,4,10-15,18H2,1-3H3. The molecular weight excluding hydrogens is 428 g/mol. The Kier molecular flexibility index (Phi) is 7.69. The molecule has 2 unspecified atom stereocenters. The molecule has 1 saturated heterocycles. The summed E-state index contributed by atoms with van der Waals surface area (Å²) in [5, 5.41) is 9.98. The number of methoxy groups -OCH3 is 1. The van der Waals surface area contributed by atoms with E-state index in [4.69, 9.17) is 14.5 Å². The van der Waals surface area contributed by atoms with Gasteiger partial charge >= 0.3 is 0 Å². The Morgan fingerprint density at radius 1 is 1.26 bits per heavy atom. The molecule has 1 aliphatic heterocycles. The van der Waals surface area contributed by atoms with E-state index in [9.17, 15) is 10.1 Å². The molecule has 1 saturated carbocycles. The lowest BCUT2D eigenvalue weighted by Crippen LogP contribution is -2.54. The van der Waals surface area contributed by atoms with Crippen LogP contribution in [0.4, 0.5) is 5.82 Å². The number of hydrogen-bond acceptors (Lipinski definition) is 6. The quantitative estimate of drug-likeness (QED) is 0.548. The summed E-state index contributed by atoms with van der Waals surface area (Å²) in [6.45, 7) is 6.49. The number of nitriles is 1. The average molecular weight is 463 g/mol. The first-order chi connectivity index (χ1) is 16.5. The third kappa shape index (κ3) is 5.34. The SMILES string of the molecule is CCC(Oc1cc(C#N)c(N2CCN(C(=O)CCOC)C(C)C2)nc1C1CC1)c1ccccc1. The minimum absolute atomic E-state index is 0.0364. The molecule has 34 heavy (non-hydrogen) atoms. The lowest BCUT2D eigenvalue weighted by molar-refractivity contribution is -0.134. The lowest BCUT2D eigenvalue weighted by atomic mass is 10.1. The zero-order valence-corrected chi connectivity index (χ0v) is 20.4. The Balaban J connectivity index is 1.57. The van der Waals surface area contributed by atoms with Gasteiger partial charge in [-0.2, -0.15) is 5.26 Å². The second-order valence-electron chi connectivity index (χ2n) is 9.18. The van der Waals surface area contributed by atoms with Crippen LogP contribution in [0.1, 0.15) is 68.4 Å². The van der Waals surface area contributed by atoms with Gasteiger partial charge in [-0.25, -0.2) is 4.98 Å². The molecule has 1 aromatic heterocycles. The van der Waals surface area contributed by atoms with Crippen LogP contribution in [0.5, 0.6) is 5.75 Å². The summed E-state index contributed by atoms with van der Waals surface area (Å²) in [6.07, 6.45) is 3.32. The summed E-state index contributed by atoms with van der Waals surface area (Å²) < 4.78 is 11.5. The van der Waals surface area contributed by atoms with Gasteiger partial charge in [-0.3, -0.25) is 4.79 Å². The van der Waals surface area contributed by atoms with Gasteiger partial charge in [0.25, 0.3) is 0 Å². The van der Waals surface area contributed by atoms with Gasteiger partial charge in [0, 0.05) is 44.8 Å². The number of piperazine rings is 1. The fourth-order valence-electron chi connectivity index (χ4n) is 4.63. The third-order valence-corrected chi connectivity index (χ3v) is 6.66. The molecule has 0 radical (unpaired) electrons. The number of nitrogens with zero attached hydrogens (tertiary/aromatic N) is 4. The van der Waals surface area contributed by atoms with E-state index in [2.05, 4.69) is 30.0 Å². The monoisotopic (exact) mass is 462 g/mol. The van der Waals surface area contributed by atoms with Crippen LogP contribution in [0.15, 0.2) is 36.4 Å². The number of benzene rings is 1. The number of carbonyl (C=O) groups excluding carboxylic acids is 1. The highest BCUT2D eigenvalue weighted by molar-refractivity contribution is 5.77. The summed E-state index contributed by atoms with van der Waals surface area (Å²) >= 11 is 0. The Bertz CT molecular complexity index is 1030. The van der Waals surface area contributed by atoms with Crippen molar-refractivity contribution in [3.05, 3.63) is 53.2 Å². The highest BCUT2D eigenvalue weighted by atomic mass is 16.5. The molecule has 2 fully saturated rings. The maximum absolute atomic E-state index is 12.5. The molecule has 0 bridgehead atoms. The van der Waals surface area contributed by atoms with Crippen molar-refractivity contribution in [3.8, 4) is 11.8 Å². The van der Waals surface area contributed by atoms with E-state index in [1.54, 1.807) is 7.11 Å². The first-order valence-electron chi connectivity index (χ1n) is 12.3. The normalized spacial score (nSPS) is 18.9. The Morgan fingerprint density at radius 2 is 2.03 bits per heavy atom. The molecule has 1 amide bonds. The summed E-state index contributed by atoms with van der Waals surface area (Å²) in [6, 6.07) is 14.5.